The summed E-state index contributed by atoms with van der Waals surface area (Å²) in [6.45, 7) is 0. The Balaban J connectivity index is 2.03. The molecule has 1 saturated carbocycles. The number of halogens is 3. The van der Waals surface area contributed by atoms with E-state index in [-0.39, 0.29) is 6.10 Å². The molecule has 0 aromatic heterocycles. The quantitative estimate of drug-likeness (QED) is 0.750. The SMILES string of the molecule is ClC1(Cl)CC1Oc1cccc(Br)c1. The molecule has 0 N–H and O–H groups in total. The highest BCUT2D eigenvalue weighted by Crippen LogP contribution is 2.49. The van der Waals surface area contributed by atoms with E-state index in [0.29, 0.717) is 6.42 Å². The van der Waals surface area contributed by atoms with Crippen molar-refractivity contribution >= 4 is 39.1 Å². The smallest absolute Gasteiger partial charge is 0.158 e. The maximum atomic E-state index is 5.83. The molecule has 0 bridgehead atoms. The van der Waals surface area contributed by atoms with Crippen LogP contribution in [0.4, 0.5) is 0 Å². The van der Waals surface area contributed by atoms with E-state index < -0.39 is 4.33 Å². The van der Waals surface area contributed by atoms with Crippen LogP contribution in [0.25, 0.3) is 0 Å². The minimum absolute atomic E-state index is 0.0647. The zero-order valence-electron chi connectivity index (χ0n) is 6.64. The Hall–Kier alpha value is 0.0800. The van der Waals surface area contributed by atoms with Crippen molar-refractivity contribution in [2.45, 2.75) is 16.9 Å². The van der Waals surface area contributed by atoms with Crippen molar-refractivity contribution in [3.63, 3.8) is 0 Å². The van der Waals surface area contributed by atoms with Gasteiger partial charge in [-0.05, 0) is 18.2 Å². The molecule has 13 heavy (non-hydrogen) atoms. The van der Waals surface area contributed by atoms with Gasteiger partial charge in [0, 0.05) is 10.9 Å². The Morgan fingerprint density at radius 1 is 1.46 bits per heavy atom. The summed E-state index contributed by atoms with van der Waals surface area (Å²) >= 11 is 15.0. The first-order valence-electron chi connectivity index (χ1n) is 3.88. The second-order valence-electron chi connectivity index (χ2n) is 3.03. The topological polar surface area (TPSA) is 9.23 Å². The lowest BCUT2D eigenvalue weighted by molar-refractivity contribution is 0.300. The minimum Gasteiger partial charge on any atom is -0.487 e. The van der Waals surface area contributed by atoms with Crippen LogP contribution in [-0.2, 0) is 0 Å². The Bertz CT molecular complexity index is 327. The summed E-state index contributed by atoms with van der Waals surface area (Å²) in [5.41, 5.74) is 0. The van der Waals surface area contributed by atoms with Gasteiger partial charge in [-0.3, -0.25) is 0 Å². The standard InChI is InChI=1S/C9H7BrCl2O/c10-6-2-1-3-7(4-6)13-8-5-9(8,11)12/h1-4,8H,5H2. The van der Waals surface area contributed by atoms with Crippen molar-refractivity contribution in [2.75, 3.05) is 0 Å². The lowest BCUT2D eigenvalue weighted by atomic mass is 10.3. The molecule has 1 aromatic carbocycles. The molecule has 0 heterocycles. The molecular weight excluding hydrogens is 275 g/mol. The molecule has 70 valence electrons. The molecule has 1 atom stereocenters. The van der Waals surface area contributed by atoms with E-state index in [1.165, 1.54) is 0 Å². The number of benzene rings is 1. The third kappa shape index (κ3) is 2.30. The fraction of sp³-hybridized carbons (Fsp3) is 0.333. The van der Waals surface area contributed by atoms with Crippen molar-refractivity contribution in [1.82, 2.24) is 0 Å². The van der Waals surface area contributed by atoms with Crippen molar-refractivity contribution in [1.29, 1.82) is 0 Å². The molecule has 4 heteroatoms. The fourth-order valence-electron chi connectivity index (χ4n) is 1.02. The summed E-state index contributed by atoms with van der Waals surface area (Å²) in [5.74, 6) is 0.794. The predicted molar refractivity (Wildman–Crippen MR) is 57.6 cm³/mol. The highest BCUT2D eigenvalue weighted by molar-refractivity contribution is 9.10. The van der Waals surface area contributed by atoms with Crippen molar-refractivity contribution in [3.05, 3.63) is 28.7 Å². The highest BCUT2D eigenvalue weighted by atomic mass is 79.9. The molecule has 0 amide bonds. The van der Waals surface area contributed by atoms with Gasteiger partial charge in [-0.1, -0.05) is 45.2 Å². The van der Waals surface area contributed by atoms with E-state index in [1.54, 1.807) is 0 Å². The van der Waals surface area contributed by atoms with Gasteiger partial charge in [0.15, 0.2) is 4.33 Å². The number of alkyl halides is 2. The van der Waals surface area contributed by atoms with Gasteiger partial charge < -0.3 is 4.74 Å². The lowest BCUT2D eigenvalue weighted by Gasteiger charge is -2.05. The normalized spacial score (nSPS) is 24.1. The predicted octanol–water partition coefficient (Wildman–Crippen LogP) is 3.77. The van der Waals surface area contributed by atoms with Crippen LogP contribution in [0.2, 0.25) is 0 Å². The summed E-state index contributed by atoms with van der Waals surface area (Å²) in [5, 5.41) is 0. The van der Waals surface area contributed by atoms with Gasteiger partial charge in [0.25, 0.3) is 0 Å². The highest BCUT2D eigenvalue weighted by Gasteiger charge is 2.54. The molecule has 1 nitrogen and oxygen atoms in total. The molecule has 0 radical (unpaired) electrons. The summed E-state index contributed by atoms with van der Waals surface area (Å²) in [6, 6.07) is 7.62. The van der Waals surface area contributed by atoms with Crippen LogP contribution in [0.5, 0.6) is 5.75 Å². The van der Waals surface area contributed by atoms with Crippen LogP contribution < -0.4 is 4.74 Å². The Labute approximate surface area is 95.1 Å². The maximum Gasteiger partial charge on any atom is 0.158 e. The summed E-state index contributed by atoms with van der Waals surface area (Å²) < 4.78 is 5.84. The zero-order chi connectivity index (χ0) is 9.47. The summed E-state index contributed by atoms with van der Waals surface area (Å²) in [6.07, 6.45) is 0.632. The molecule has 1 fully saturated rings. The van der Waals surface area contributed by atoms with Crippen molar-refractivity contribution in [2.24, 2.45) is 0 Å². The molecule has 1 aliphatic carbocycles. The monoisotopic (exact) mass is 280 g/mol. The largest absolute Gasteiger partial charge is 0.487 e. The third-order valence-electron chi connectivity index (χ3n) is 1.84. The maximum absolute atomic E-state index is 5.83. The zero-order valence-corrected chi connectivity index (χ0v) is 9.73. The Kier molecular flexibility index (Phi) is 2.47. The van der Waals surface area contributed by atoms with Crippen molar-refractivity contribution in [3.8, 4) is 5.75 Å². The van der Waals surface area contributed by atoms with E-state index >= 15 is 0 Å². The van der Waals surface area contributed by atoms with Gasteiger partial charge in [0.1, 0.15) is 11.9 Å². The van der Waals surface area contributed by atoms with Crippen LogP contribution in [0.15, 0.2) is 28.7 Å². The average Bonchev–Trinajstić information content (AvgIpc) is 2.58. The Morgan fingerprint density at radius 2 is 2.15 bits per heavy atom. The van der Waals surface area contributed by atoms with Gasteiger partial charge in [-0.25, -0.2) is 0 Å². The number of hydrogen-bond donors (Lipinski definition) is 0. The molecular formula is C9H7BrCl2O. The number of ether oxygens (including phenoxy) is 1. The molecule has 0 aliphatic heterocycles. The van der Waals surface area contributed by atoms with Gasteiger partial charge in [-0.15, -0.1) is 0 Å². The molecule has 0 saturated heterocycles. The van der Waals surface area contributed by atoms with Gasteiger partial charge in [-0.2, -0.15) is 0 Å². The second-order valence-corrected chi connectivity index (χ2v) is 5.49. The molecule has 1 aromatic rings. The number of hydrogen-bond acceptors (Lipinski definition) is 1. The Morgan fingerprint density at radius 3 is 2.69 bits per heavy atom. The van der Waals surface area contributed by atoms with Crippen LogP contribution in [0, 0.1) is 0 Å². The first-order valence-corrected chi connectivity index (χ1v) is 5.43. The van der Waals surface area contributed by atoms with Crippen LogP contribution in [0.3, 0.4) is 0 Å². The minimum atomic E-state index is -0.678. The van der Waals surface area contributed by atoms with Crippen LogP contribution in [0.1, 0.15) is 6.42 Å². The third-order valence-corrected chi connectivity index (χ3v) is 3.13. The fourth-order valence-corrected chi connectivity index (χ4v) is 1.77. The summed E-state index contributed by atoms with van der Waals surface area (Å²) in [4.78, 5) is 0. The van der Waals surface area contributed by atoms with Crippen molar-refractivity contribution < 1.29 is 4.74 Å². The van der Waals surface area contributed by atoms with E-state index in [1.807, 2.05) is 24.3 Å². The summed E-state index contributed by atoms with van der Waals surface area (Å²) in [7, 11) is 0. The molecule has 1 aliphatic rings. The molecule has 2 rings (SSSR count). The van der Waals surface area contributed by atoms with Crippen LogP contribution >= 0.6 is 39.1 Å². The van der Waals surface area contributed by atoms with Crippen LogP contribution in [-0.4, -0.2) is 10.4 Å². The molecule has 0 spiro atoms. The van der Waals surface area contributed by atoms with E-state index in [2.05, 4.69) is 15.9 Å². The van der Waals surface area contributed by atoms with E-state index in [9.17, 15) is 0 Å². The van der Waals surface area contributed by atoms with Gasteiger partial charge >= 0.3 is 0 Å². The second kappa shape index (κ2) is 3.34. The first kappa shape index (κ1) is 9.63. The molecule has 1 unspecified atom stereocenters. The van der Waals surface area contributed by atoms with Gasteiger partial charge in [0.2, 0.25) is 0 Å². The lowest BCUT2D eigenvalue weighted by Crippen LogP contribution is -2.04. The average molecular weight is 282 g/mol. The van der Waals surface area contributed by atoms with Gasteiger partial charge in [0.05, 0.1) is 0 Å². The first-order chi connectivity index (χ1) is 6.08. The number of rotatable bonds is 2. The van der Waals surface area contributed by atoms with E-state index in [0.717, 1.165) is 10.2 Å². The van der Waals surface area contributed by atoms with E-state index in [4.69, 9.17) is 27.9 Å².